The van der Waals surface area contributed by atoms with Gasteiger partial charge in [0.25, 0.3) is 0 Å². The van der Waals surface area contributed by atoms with E-state index < -0.39 is 10.0 Å². The molecule has 0 N–H and O–H groups in total. The third kappa shape index (κ3) is 3.16. The molecule has 1 aliphatic rings. The predicted molar refractivity (Wildman–Crippen MR) is 81.4 cm³/mol. The first-order valence-corrected chi connectivity index (χ1v) is 8.72. The van der Waals surface area contributed by atoms with Gasteiger partial charge in [0.15, 0.2) is 0 Å². The van der Waals surface area contributed by atoms with Crippen LogP contribution in [0.1, 0.15) is 32.6 Å². The molecule has 1 heterocycles. The van der Waals surface area contributed by atoms with Crippen LogP contribution >= 0.6 is 0 Å². The van der Waals surface area contributed by atoms with Crippen molar-refractivity contribution >= 4 is 10.0 Å². The van der Waals surface area contributed by atoms with Crippen LogP contribution in [0.2, 0.25) is 0 Å². The topological polar surface area (TPSA) is 55.8 Å². The number of ether oxygens (including phenoxy) is 2. The fourth-order valence-electron chi connectivity index (χ4n) is 2.81. The molecule has 21 heavy (non-hydrogen) atoms. The van der Waals surface area contributed by atoms with Gasteiger partial charge in [0.1, 0.15) is 16.4 Å². The first-order chi connectivity index (χ1) is 10.0. The number of rotatable bonds is 5. The van der Waals surface area contributed by atoms with Crippen LogP contribution < -0.4 is 9.47 Å². The van der Waals surface area contributed by atoms with E-state index in [0.717, 1.165) is 25.7 Å². The van der Waals surface area contributed by atoms with E-state index in [-0.39, 0.29) is 10.9 Å². The summed E-state index contributed by atoms with van der Waals surface area (Å²) in [5.74, 6) is 0.871. The number of sulfonamides is 1. The molecule has 1 aromatic carbocycles. The number of piperidine rings is 1. The van der Waals surface area contributed by atoms with Crippen LogP contribution in [0.15, 0.2) is 23.1 Å². The molecule has 1 aliphatic heterocycles. The van der Waals surface area contributed by atoms with Gasteiger partial charge in [-0.05, 0) is 31.4 Å². The normalized spacial score (nSPS) is 20.2. The van der Waals surface area contributed by atoms with Crippen molar-refractivity contribution in [1.29, 1.82) is 0 Å². The Morgan fingerprint density at radius 3 is 2.62 bits per heavy atom. The monoisotopic (exact) mass is 313 g/mol. The Bertz CT molecular complexity index is 585. The highest BCUT2D eigenvalue weighted by atomic mass is 32.2. The largest absolute Gasteiger partial charge is 0.497 e. The molecule has 0 unspecified atom stereocenters. The molecule has 0 aliphatic carbocycles. The predicted octanol–water partition coefficient (Wildman–Crippen LogP) is 2.66. The molecule has 1 fully saturated rings. The van der Waals surface area contributed by atoms with Crippen LogP contribution in [0, 0.1) is 0 Å². The molecule has 1 saturated heterocycles. The van der Waals surface area contributed by atoms with E-state index in [0.29, 0.717) is 18.0 Å². The van der Waals surface area contributed by atoms with Gasteiger partial charge >= 0.3 is 0 Å². The summed E-state index contributed by atoms with van der Waals surface area (Å²) in [6.07, 6.45) is 3.73. The molecule has 0 saturated carbocycles. The summed E-state index contributed by atoms with van der Waals surface area (Å²) in [7, 11) is -0.568. The molecular formula is C15H23NO4S. The van der Waals surface area contributed by atoms with E-state index in [9.17, 15) is 8.42 Å². The van der Waals surface area contributed by atoms with Gasteiger partial charge in [-0.15, -0.1) is 0 Å². The Morgan fingerprint density at radius 2 is 2.00 bits per heavy atom. The molecule has 0 aromatic heterocycles. The molecule has 5 nitrogen and oxygen atoms in total. The summed E-state index contributed by atoms with van der Waals surface area (Å²) in [6, 6.07) is 4.94. The van der Waals surface area contributed by atoms with Gasteiger partial charge in [0, 0.05) is 18.7 Å². The number of nitrogens with zero attached hydrogens (tertiary/aromatic N) is 1. The maximum Gasteiger partial charge on any atom is 0.247 e. The van der Waals surface area contributed by atoms with Crippen molar-refractivity contribution in [3.05, 3.63) is 18.2 Å². The zero-order valence-corrected chi connectivity index (χ0v) is 13.6. The van der Waals surface area contributed by atoms with Crippen LogP contribution in [0.5, 0.6) is 11.5 Å². The molecule has 0 radical (unpaired) electrons. The van der Waals surface area contributed by atoms with Crippen LogP contribution in [-0.2, 0) is 10.0 Å². The van der Waals surface area contributed by atoms with Crippen molar-refractivity contribution in [1.82, 2.24) is 4.31 Å². The van der Waals surface area contributed by atoms with Gasteiger partial charge in [0.05, 0.1) is 14.2 Å². The summed E-state index contributed by atoms with van der Waals surface area (Å²) in [6.45, 7) is 2.60. The third-order valence-electron chi connectivity index (χ3n) is 4.00. The van der Waals surface area contributed by atoms with Crippen molar-refractivity contribution in [2.45, 2.75) is 43.5 Å². The fourth-order valence-corrected chi connectivity index (χ4v) is 4.75. The van der Waals surface area contributed by atoms with Crippen LogP contribution in [-0.4, -0.2) is 39.5 Å². The molecule has 1 aromatic rings. The zero-order valence-electron chi connectivity index (χ0n) is 12.8. The summed E-state index contributed by atoms with van der Waals surface area (Å²) in [4.78, 5) is 0.185. The van der Waals surface area contributed by atoms with Gasteiger partial charge in [-0.2, -0.15) is 4.31 Å². The van der Waals surface area contributed by atoms with Crippen LogP contribution in [0.3, 0.4) is 0 Å². The average molecular weight is 313 g/mol. The van der Waals surface area contributed by atoms with Gasteiger partial charge in [0.2, 0.25) is 10.0 Å². The molecule has 118 valence electrons. The van der Waals surface area contributed by atoms with E-state index in [1.165, 1.54) is 20.3 Å². The lowest BCUT2D eigenvalue weighted by Gasteiger charge is -2.34. The van der Waals surface area contributed by atoms with Gasteiger partial charge in [-0.1, -0.05) is 13.3 Å². The maximum atomic E-state index is 13.0. The van der Waals surface area contributed by atoms with Crippen molar-refractivity contribution in [2.75, 3.05) is 20.8 Å². The Kier molecular flexibility index (Phi) is 5.11. The molecule has 2 rings (SSSR count). The Hall–Kier alpha value is -1.27. The summed E-state index contributed by atoms with van der Waals surface area (Å²) >= 11 is 0. The Balaban J connectivity index is 2.47. The second kappa shape index (κ2) is 6.66. The lowest BCUT2D eigenvalue weighted by Crippen LogP contribution is -2.43. The molecular weight excluding hydrogens is 290 g/mol. The molecule has 6 heteroatoms. The summed E-state index contributed by atoms with van der Waals surface area (Å²) in [5.41, 5.74) is 0. The smallest absolute Gasteiger partial charge is 0.247 e. The molecule has 0 spiro atoms. The second-order valence-electron chi connectivity index (χ2n) is 5.19. The SMILES string of the molecule is CC[C@@H]1CCCCN1S(=O)(=O)c1cc(OC)ccc1OC. The third-order valence-corrected chi connectivity index (χ3v) is 5.97. The maximum absolute atomic E-state index is 13.0. The highest BCUT2D eigenvalue weighted by Crippen LogP contribution is 2.34. The lowest BCUT2D eigenvalue weighted by molar-refractivity contribution is 0.245. The minimum absolute atomic E-state index is 0.0691. The fraction of sp³-hybridized carbons (Fsp3) is 0.600. The average Bonchev–Trinajstić information content (AvgIpc) is 2.54. The zero-order chi connectivity index (χ0) is 15.5. The van der Waals surface area contributed by atoms with E-state index in [4.69, 9.17) is 9.47 Å². The van der Waals surface area contributed by atoms with E-state index in [1.807, 2.05) is 6.92 Å². The minimum atomic E-state index is -3.57. The molecule has 0 bridgehead atoms. The molecule has 1 atom stereocenters. The quantitative estimate of drug-likeness (QED) is 0.838. The van der Waals surface area contributed by atoms with Crippen molar-refractivity contribution in [3.8, 4) is 11.5 Å². The second-order valence-corrected chi connectivity index (χ2v) is 7.05. The van der Waals surface area contributed by atoms with Gasteiger partial charge in [-0.3, -0.25) is 0 Å². The van der Waals surface area contributed by atoms with Crippen molar-refractivity contribution < 1.29 is 17.9 Å². The van der Waals surface area contributed by atoms with Crippen LogP contribution in [0.4, 0.5) is 0 Å². The van der Waals surface area contributed by atoms with Crippen molar-refractivity contribution in [3.63, 3.8) is 0 Å². The van der Waals surface area contributed by atoms with E-state index in [2.05, 4.69) is 0 Å². The number of hydrogen-bond donors (Lipinski definition) is 0. The first-order valence-electron chi connectivity index (χ1n) is 7.28. The number of methoxy groups -OCH3 is 2. The standard InChI is InChI=1S/C15H23NO4S/c1-4-12-7-5-6-10-16(12)21(17,18)15-11-13(19-2)8-9-14(15)20-3/h8-9,11-12H,4-7,10H2,1-3H3/t12-/m1/s1. The van der Waals surface area contributed by atoms with Crippen molar-refractivity contribution in [2.24, 2.45) is 0 Å². The Labute approximate surface area is 126 Å². The van der Waals surface area contributed by atoms with Gasteiger partial charge < -0.3 is 9.47 Å². The van der Waals surface area contributed by atoms with E-state index in [1.54, 1.807) is 16.4 Å². The minimum Gasteiger partial charge on any atom is -0.497 e. The number of benzene rings is 1. The number of hydrogen-bond acceptors (Lipinski definition) is 4. The van der Waals surface area contributed by atoms with Gasteiger partial charge in [-0.25, -0.2) is 8.42 Å². The van der Waals surface area contributed by atoms with Crippen LogP contribution in [0.25, 0.3) is 0 Å². The highest BCUT2D eigenvalue weighted by molar-refractivity contribution is 7.89. The molecule has 0 amide bonds. The van der Waals surface area contributed by atoms with E-state index >= 15 is 0 Å². The summed E-state index contributed by atoms with van der Waals surface area (Å²) in [5, 5.41) is 0. The Morgan fingerprint density at radius 1 is 1.24 bits per heavy atom. The first kappa shape index (κ1) is 16.1. The highest BCUT2D eigenvalue weighted by Gasteiger charge is 2.34. The lowest BCUT2D eigenvalue weighted by atomic mass is 10.0. The summed E-state index contributed by atoms with van der Waals surface area (Å²) < 4.78 is 38.0.